The second-order valence-corrected chi connectivity index (χ2v) is 9.41. The number of nitrogens with one attached hydrogen (secondary N) is 1. The van der Waals surface area contributed by atoms with Crippen LogP contribution in [0, 0.1) is 23.3 Å². The fourth-order valence-electron chi connectivity index (χ4n) is 3.56. The first-order valence-electron chi connectivity index (χ1n) is 10.5. The number of hydrogen-bond acceptors (Lipinski definition) is 6. The molecule has 0 spiro atoms. The molecule has 11 heteroatoms. The quantitative estimate of drug-likeness (QED) is 0.0977. The van der Waals surface area contributed by atoms with Crippen LogP contribution in [0.4, 0.5) is 23.2 Å². The first kappa shape index (κ1) is 25.1. The van der Waals surface area contributed by atoms with E-state index in [1.165, 1.54) is 46.8 Å². The minimum absolute atomic E-state index is 0.0523. The van der Waals surface area contributed by atoms with Crippen LogP contribution in [0.25, 0.3) is 22.2 Å². The number of halogens is 4. The van der Waals surface area contributed by atoms with E-state index in [4.69, 9.17) is 0 Å². The molecule has 0 aliphatic rings. The standard InChI is InChI=1S/C24H20F4N4OS2/c1-12(2)32-22-14(10-29-24(30-22)34-3)8-16(23(32)33)15-9-18(26)21(20(28)19(15)27)31-35-11-13-6-4-5-7-17(13)25/h4-10,12,31H,11H2,1-3H3. The largest absolute Gasteiger partial charge is 0.325 e. The molecule has 2 aromatic heterocycles. The van der Waals surface area contributed by atoms with Crippen LogP contribution in [-0.4, -0.2) is 20.8 Å². The molecule has 0 amide bonds. The topological polar surface area (TPSA) is 59.8 Å². The normalized spacial score (nSPS) is 11.4. The fourth-order valence-corrected chi connectivity index (χ4v) is 4.69. The number of anilines is 1. The van der Waals surface area contributed by atoms with Crippen molar-refractivity contribution in [1.82, 2.24) is 14.5 Å². The minimum Gasteiger partial charge on any atom is -0.325 e. The number of hydrogen-bond donors (Lipinski definition) is 1. The Hall–Kier alpha value is -3.05. The molecule has 0 unspecified atom stereocenters. The highest BCUT2D eigenvalue weighted by molar-refractivity contribution is 7.99. The number of aromatic nitrogens is 3. The smallest absolute Gasteiger partial charge is 0.260 e. The first-order valence-corrected chi connectivity index (χ1v) is 12.7. The van der Waals surface area contributed by atoms with Gasteiger partial charge in [-0.25, -0.2) is 27.5 Å². The van der Waals surface area contributed by atoms with Crippen molar-refractivity contribution in [2.75, 3.05) is 11.0 Å². The Kier molecular flexibility index (Phi) is 7.36. The molecule has 0 radical (unpaired) electrons. The minimum atomic E-state index is -1.48. The van der Waals surface area contributed by atoms with Crippen LogP contribution in [0.3, 0.4) is 0 Å². The van der Waals surface area contributed by atoms with Gasteiger partial charge in [0.05, 0.1) is 5.56 Å². The van der Waals surface area contributed by atoms with Crippen LogP contribution in [0.1, 0.15) is 25.5 Å². The summed E-state index contributed by atoms with van der Waals surface area (Å²) in [5.74, 6) is -4.36. The molecule has 0 aliphatic heterocycles. The van der Waals surface area contributed by atoms with Gasteiger partial charge >= 0.3 is 0 Å². The average Bonchev–Trinajstić information content (AvgIpc) is 2.83. The molecule has 0 saturated heterocycles. The average molecular weight is 521 g/mol. The molecule has 2 aromatic carbocycles. The Morgan fingerprint density at radius 1 is 1.03 bits per heavy atom. The van der Waals surface area contributed by atoms with Crippen LogP contribution in [0.2, 0.25) is 0 Å². The lowest BCUT2D eigenvalue weighted by molar-refractivity contribution is 0.502. The third kappa shape index (κ3) is 4.87. The number of fused-ring (bicyclic) bond motifs is 1. The zero-order valence-electron chi connectivity index (χ0n) is 18.9. The molecule has 0 fully saturated rings. The van der Waals surface area contributed by atoms with Gasteiger partial charge in [-0.2, -0.15) is 0 Å². The number of rotatable bonds is 7. The van der Waals surface area contributed by atoms with E-state index in [0.29, 0.717) is 21.8 Å². The molecular weight excluding hydrogens is 500 g/mol. The van der Waals surface area contributed by atoms with Crippen LogP contribution in [0.5, 0.6) is 0 Å². The van der Waals surface area contributed by atoms with Gasteiger partial charge in [0, 0.05) is 28.9 Å². The maximum atomic E-state index is 15.1. The molecule has 0 bridgehead atoms. The van der Waals surface area contributed by atoms with Crippen molar-refractivity contribution in [2.24, 2.45) is 0 Å². The molecule has 35 heavy (non-hydrogen) atoms. The van der Waals surface area contributed by atoms with Gasteiger partial charge in [0.25, 0.3) is 5.56 Å². The molecule has 4 aromatic rings. The summed E-state index contributed by atoms with van der Waals surface area (Å²) in [6.07, 6.45) is 3.27. The van der Waals surface area contributed by atoms with Crippen LogP contribution >= 0.6 is 23.7 Å². The van der Waals surface area contributed by atoms with Crippen molar-refractivity contribution in [3.63, 3.8) is 0 Å². The van der Waals surface area contributed by atoms with Crippen molar-refractivity contribution >= 4 is 40.4 Å². The van der Waals surface area contributed by atoms with Crippen molar-refractivity contribution < 1.29 is 17.6 Å². The van der Waals surface area contributed by atoms with Crippen molar-refractivity contribution in [1.29, 1.82) is 0 Å². The summed E-state index contributed by atoms with van der Waals surface area (Å²) in [5.41, 5.74) is -1.42. The third-order valence-electron chi connectivity index (χ3n) is 5.26. The summed E-state index contributed by atoms with van der Waals surface area (Å²) >= 11 is 2.10. The van der Waals surface area contributed by atoms with Crippen molar-refractivity contribution in [2.45, 2.75) is 30.8 Å². The highest BCUT2D eigenvalue weighted by Gasteiger charge is 2.24. The van der Waals surface area contributed by atoms with Crippen LogP contribution in [-0.2, 0) is 5.75 Å². The van der Waals surface area contributed by atoms with Gasteiger partial charge in [-0.15, -0.1) is 0 Å². The second-order valence-electron chi connectivity index (χ2n) is 7.85. The summed E-state index contributed by atoms with van der Waals surface area (Å²) in [5, 5.41) is 0.875. The highest BCUT2D eigenvalue weighted by atomic mass is 32.2. The van der Waals surface area contributed by atoms with Gasteiger partial charge in [0.15, 0.2) is 22.6 Å². The number of nitrogens with zero attached hydrogens (tertiary/aromatic N) is 3. The molecule has 5 nitrogen and oxygen atoms in total. The number of thioether (sulfide) groups is 1. The first-order chi connectivity index (χ1) is 16.7. The molecule has 182 valence electrons. The molecule has 1 N–H and O–H groups in total. The number of benzene rings is 2. The molecule has 2 heterocycles. The van der Waals surface area contributed by atoms with Gasteiger partial charge in [-0.1, -0.05) is 30.0 Å². The Labute approximate surface area is 207 Å². The van der Waals surface area contributed by atoms with E-state index in [9.17, 15) is 18.0 Å². The molecule has 0 aliphatic carbocycles. The zero-order valence-corrected chi connectivity index (χ0v) is 20.5. The Bertz CT molecular complexity index is 1480. The van der Waals surface area contributed by atoms with Crippen LogP contribution < -0.4 is 10.3 Å². The summed E-state index contributed by atoms with van der Waals surface area (Å²) in [4.78, 5) is 21.8. The zero-order chi connectivity index (χ0) is 25.3. The van der Waals surface area contributed by atoms with E-state index in [1.54, 1.807) is 26.2 Å². The molecule has 0 saturated carbocycles. The SMILES string of the molecule is CSc1ncc2cc(-c3cc(F)c(NSCc4ccccc4F)c(F)c3F)c(=O)n(C(C)C)c2n1. The number of pyridine rings is 1. The Balaban J connectivity index is 1.75. The summed E-state index contributed by atoms with van der Waals surface area (Å²) in [6, 6.07) is 7.71. The highest BCUT2D eigenvalue weighted by Crippen LogP contribution is 2.33. The second kappa shape index (κ2) is 10.3. The van der Waals surface area contributed by atoms with Gasteiger partial charge in [-0.3, -0.25) is 9.36 Å². The van der Waals surface area contributed by atoms with Crippen molar-refractivity contribution in [3.8, 4) is 11.1 Å². The lowest BCUT2D eigenvalue weighted by atomic mass is 10.0. The summed E-state index contributed by atoms with van der Waals surface area (Å²) in [6.45, 7) is 3.51. The fraction of sp³-hybridized carbons (Fsp3) is 0.208. The summed E-state index contributed by atoms with van der Waals surface area (Å²) < 4.78 is 62.5. The van der Waals surface area contributed by atoms with E-state index in [-0.39, 0.29) is 17.4 Å². The molecule has 4 rings (SSSR count). The predicted molar refractivity (Wildman–Crippen MR) is 133 cm³/mol. The van der Waals surface area contributed by atoms with E-state index < -0.39 is 40.1 Å². The molecule has 0 atom stereocenters. The predicted octanol–water partition coefficient (Wildman–Crippen LogP) is 6.58. The van der Waals surface area contributed by atoms with Crippen LogP contribution in [0.15, 0.2) is 52.5 Å². The maximum absolute atomic E-state index is 15.1. The van der Waals surface area contributed by atoms with E-state index in [0.717, 1.165) is 18.0 Å². The third-order valence-corrected chi connectivity index (χ3v) is 6.62. The maximum Gasteiger partial charge on any atom is 0.260 e. The molecular formula is C24H20F4N4OS2. The van der Waals surface area contributed by atoms with Gasteiger partial charge in [-0.05, 0) is 55.8 Å². The lowest BCUT2D eigenvalue weighted by Crippen LogP contribution is -2.25. The van der Waals surface area contributed by atoms with Gasteiger partial charge < -0.3 is 4.72 Å². The monoisotopic (exact) mass is 520 g/mol. The van der Waals surface area contributed by atoms with Gasteiger partial charge in [0.1, 0.15) is 17.2 Å². The van der Waals surface area contributed by atoms with E-state index >= 15 is 4.39 Å². The van der Waals surface area contributed by atoms with Gasteiger partial charge in [0.2, 0.25) is 0 Å². The van der Waals surface area contributed by atoms with E-state index in [2.05, 4.69) is 14.7 Å². The van der Waals surface area contributed by atoms with E-state index in [1.807, 2.05) is 0 Å². The Morgan fingerprint density at radius 3 is 2.46 bits per heavy atom. The summed E-state index contributed by atoms with van der Waals surface area (Å²) in [7, 11) is 0. The lowest BCUT2D eigenvalue weighted by Gasteiger charge is -2.17. The van der Waals surface area contributed by atoms with Crippen molar-refractivity contribution in [3.05, 3.63) is 81.8 Å². The Morgan fingerprint density at radius 2 is 1.77 bits per heavy atom.